The van der Waals surface area contributed by atoms with Gasteiger partial charge in [0.2, 0.25) is 0 Å². The fourth-order valence-electron chi connectivity index (χ4n) is 2.21. The van der Waals surface area contributed by atoms with Gasteiger partial charge in [-0.3, -0.25) is 4.79 Å². The quantitative estimate of drug-likeness (QED) is 0.495. The van der Waals surface area contributed by atoms with Gasteiger partial charge in [-0.05, 0) is 54.6 Å². The molecule has 0 fully saturated rings. The fraction of sp³-hybridized carbons (Fsp3) is 0. The zero-order chi connectivity index (χ0) is 17.6. The molecule has 0 saturated heterocycles. The molecule has 3 aromatic carbocycles. The molecule has 1 amide bonds. The van der Waals surface area contributed by atoms with Crippen LogP contribution < -0.4 is 5.32 Å². The number of carbonyl (C=O) groups excluding carboxylic acids is 1. The minimum Gasteiger partial charge on any atom is -0.508 e. The first-order chi connectivity index (χ1) is 12.1. The molecular formula is C21H15NO3. The predicted molar refractivity (Wildman–Crippen MR) is 96.6 cm³/mol. The second-order valence-electron chi connectivity index (χ2n) is 5.35. The van der Waals surface area contributed by atoms with Crippen LogP contribution >= 0.6 is 0 Å². The molecule has 3 N–H and O–H groups in total. The number of benzene rings is 3. The van der Waals surface area contributed by atoms with E-state index in [4.69, 9.17) is 0 Å². The first kappa shape index (κ1) is 16.2. The Bertz CT molecular complexity index is 952. The maximum absolute atomic E-state index is 12.2. The van der Waals surface area contributed by atoms with Gasteiger partial charge in [-0.2, -0.15) is 0 Å². The first-order valence-corrected chi connectivity index (χ1v) is 7.62. The van der Waals surface area contributed by atoms with Crippen molar-refractivity contribution in [1.29, 1.82) is 0 Å². The Hall–Kier alpha value is -3.71. The summed E-state index contributed by atoms with van der Waals surface area (Å²) in [6.45, 7) is 0. The van der Waals surface area contributed by atoms with Crippen molar-refractivity contribution in [1.82, 2.24) is 0 Å². The van der Waals surface area contributed by atoms with Gasteiger partial charge in [0.1, 0.15) is 11.5 Å². The largest absolute Gasteiger partial charge is 0.508 e. The molecule has 0 unspecified atom stereocenters. The number of aromatic hydroxyl groups is 2. The number of hydrogen-bond acceptors (Lipinski definition) is 3. The summed E-state index contributed by atoms with van der Waals surface area (Å²) in [4.78, 5) is 12.2. The number of amides is 1. The molecular weight excluding hydrogens is 314 g/mol. The van der Waals surface area contributed by atoms with Gasteiger partial charge in [-0.1, -0.05) is 30.0 Å². The third-order valence-corrected chi connectivity index (χ3v) is 3.49. The Morgan fingerprint density at radius 3 is 2.12 bits per heavy atom. The van der Waals surface area contributed by atoms with Crippen LogP contribution in [0.1, 0.15) is 21.5 Å². The van der Waals surface area contributed by atoms with Gasteiger partial charge in [0, 0.05) is 16.8 Å². The van der Waals surface area contributed by atoms with E-state index in [0.29, 0.717) is 5.69 Å². The lowest BCUT2D eigenvalue weighted by molar-refractivity contribution is 0.102. The highest BCUT2D eigenvalue weighted by Gasteiger charge is 2.12. The summed E-state index contributed by atoms with van der Waals surface area (Å²) < 4.78 is 0. The zero-order valence-corrected chi connectivity index (χ0v) is 13.2. The van der Waals surface area contributed by atoms with E-state index in [9.17, 15) is 15.0 Å². The minimum atomic E-state index is -0.503. The molecule has 0 bridgehead atoms. The molecule has 0 heterocycles. The summed E-state index contributed by atoms with van der Waals surface area (Å²) >= 11 is 0. The minimum absolute atomic E-state index is 0.00736. The van der Waals surface area contributed by atoms with Crippen molar-refractivity contribution in [2.24, 2.45) is 0 Å². The Morgan fingerprint density at radius 2 is 1.44 bits per heavy atom. The van der Waals surface area contributed by atoms with Gasteiger partial charge in [-0.15, -0.1) is 0 Å². The molecule has 0 spiro atoms. The van der Waals surface area contributed by atoms with Gasteiger partial charge in [0.25, 0.3) is 5.91 Å². The lowest BCUT2D eigenvalue weighted by Gasteiger charge is -2.07. The fourth-order valence-corrected chi connectivity index (χ4v) is 2.21. The number of phenols is 2. The van der Waals surface area contributed by atoms with E-state index in [2.05, 4.69) is 17.2 Å². The van der Waals surface area contributed by atoms with E-state index in [1.165, 1.54) is 18.2 Å². The van der Waals surface area contributed by atoms with Crippen LogP contribution in [0.25, 0.3) is 0 Å². The topological polar surface area (TPSA) is 69.6 Å². The number of phenolic OH excluding ortho intramolecular Hbond substituents is 2. The molecule has 3 aromatic rings. The molecule has 0 aliphatic rings. The van der Waals surface area contributed by atoms with Crippen molar-refractivity contribution in [3.05, 3.63) is 89.5 Å². The Morgan fingerprint density at radius 1 is 0.800 bits per heavy atom. The average Bonchev–Trinajstić information content (AvgIpc) is 2.64. The van der Waals surface area contributed by atoms with Crippen molar-refractivity contribution >= 4 is 11.6 Å². The second kappa shape index (κ2) is 7.24. The zero-order valence-electron chi connectivity index (χ0n) is 13.2. The monoisotopic (exact) mass is 329 g/mol. The number of anilines is 1. The smallest absolute Gasteiger partial charge is 0.259 e. The van der Waals surface area contributed by atoms with E-state index in [1.807, 2.05) is 30.3 Å². The van der Waals surface area contributed by atoms with Gasteiger partial charge < -0.3 is 15.5 Å². The van der Waals surface area contributed by atoms with Crippen LogP contribution in [0.5, 0.6) is 11.5 Å². The summed E-state index contributed by atoms with van der Waals surface area (Å²) in [5.41, 5.74) is 2.33. The molecule has 0 aromatic heterocycles. The normalized spacial score (nSPS) is 9.76. The summed E-state index contributed by atoms with van der Waals surface area (Å²) in [5, 5.41) is 21.8. The average molecular weight is 329 g/mol. The molecule has 4 heteroatoms. The molecule has 0 radical (unpaired) electrons. The van der Waals surface area contributed by atoms with Crippen molar-refractivity contribution in [3.8, 4) is 23.3 Å². The maximum Gasteiger partial charge on any atom is 0.259 e. The Kier molecular flexibility index (Phi) is 4.68. The van der Waals surface area contributed by atoms with Crippen molar-refractivity contribution in [2.45, 2.75) is 0 Å². The van der Waals surface area contributed by atoms with E-state index < -0.39 is 5.91 Å². The van der Waals surface area contributed by atoms with Gasteiger partial charge in [-0.25, -0.2) is 0 Å². The molecule has 4 nitrogen and oxygen atoms in total. The van der Waals surface area contributed by atoms with Crippen LogP contribution in [0.15, 0.2) is 72.8 Å². The molecule has 0 saturated carbocycles. The number of hydrogen-bond donors (Lipinski definition) is 3. The van der Waals surface area contributed by atoms with Gasteiger partial charge in [0.05, 0.1) is 5.56 Å². The highest BCUT2D eigenvalue weighted by Crippen LogP contribution is 2.23. The Balaban J connectivity index is 1.72. The number of nitrogens with one attached hydrogen (secondary N) is 1. The first-order valence-electron chi connectivity index (χ1n) is 7.62. The Labute approximate surface area is 145 Å². The van der Waals surface area contributed by atoms with Crippen LogP contribution in [0.2, 0.25) is 0 Å². The second-order valence-corrected chi connectivity index (χ2v) is 5.35. The van der Waals surface area contributed by atoms with Gasteiger partial charge in [0.15, 0.2) is 0 Å². The third kappa shape index (κ3) is 4.18. The predicted octanol–water partition coefficient (Wildman–Crippen LogP) is 3.75. The molecule has 0 aliphatic heterocycles. The van der Waals surface area contributed by atoms with Gasteiger partial charge >= 0.3 is 0 Å². The lowest BCUT2D eigenvalue weighted by Crippen LogP contribution is -2.11. The summed E-state index contributed by atoms with van der Waals surface area (Å²) in [5.74, 6) is 5.33. The molecule has 0 atom stereocenters. The molecule has 25 heavy (non-hydrogen) atoms. The van der Waals surface area contributed by atoms with E-state index >= 15 is 0 Å². The van der Waals surface area contributed by atoms with Crippen LogP contribution in [0, 0.1) is 11.8 Å². The standard InChI is InChI=1S/C21H15NO3/c23-18-12-13-20(24)19(14-18)21(25)22-17-10-8-16(9-11-17)7-6-15-4-2-1-3-5-15/h1-5,8-14,23-24H,(H,22,25). The van der Waals surface area contributed by atoms with Crippen LogP contribution in [0.4, 0.5) is 5.69 Å². The number of rotatable bonds is 2. The van der Waals surface area contributed by atoms with Crippen LogP contribution in [-0.4, -0.2) is 16.1 Å². The van der Waals surface area contributed by atoms with Crippen molar-refractivity contribution in [2.75, 3.05) is 5.32 Å². The third-order valence-electron chi connectivity index (χ3n) is 3.49. The van der Waals surface area contributed by atoms with E-state index in [1.54, 1.807) is 24.3 Å². The highest BCUT2D eigenvalue weighted by atomic mass is 16.3. The van der Waals surface area contributed by atoms with Crippen molar-refractivity contribution < 1.29 is 15.0 Å². The SMILES string of the molecule is O=C(Nc1ccc(C#Cc2ccccc2)cc1)c1cc(O)ccc1O. The summed E-state index contributed by atoms with van der Waals surface area (Å²) in [6, 6.07) is 20.5. The highest BCUT2D eigenvalue weighted by molar-refractivity contribution is 6.06. The summed E-state index contributed by atoms with van der Waals surface area (Å²) in [6.07, 6.45) is 0. The molecule has 122 valence electrons. The summed E-state index contributed by atoms with van der Waals surface area (Å²) in [7, 11) is 0. The molecule has 3 rings (SSSR count). The van der Waals surface area contributed by atoms with E-state index in [-0.39, 0.29) is 17.1 Å². The van der Waals surface area contributed by atoms with Crippen LogP contribution in [-0.2, 0) is 0 Å². The lowest BCUT2D eigenvalue weighted by atomic mass is 10.1. The maximum atomic E-state index is 12.2. The van der Waals surface area contributed by atoms with E-state index in [0.717, 1.165) is 11.1 Å². The number of carbonyl (C=O) groups is 1. The van der Waals surface area contributed by atoms with Crippen molar-refractivity contribution in [3.63, 3.8) is 0 Å². The van der Waals surface area contributed by atoms with Crippen LogP contribution in [0.3, 0.4) is 0 Å². The molecule has 0 aliphatic carbocycles.